The molecule has 2 unspecified atom stereocenters. The summed E-state index contributed by atoms with van der Waals surface area (Å²) in [5, 5.41) is 9.35. The SMILES string of the molecule is COc1ccc(C2Nc3ccccc3NC3=C2C(=O)CC(c2cccs2)C3)cc1OCc1ccccc1. The number of fused-ring (bicyclic) bond motifs is 1. The number of thiophene rings is 1. The molecule has 0 fully saturated rings. The lowest BCUT2D eigenvalue weighted by molar-refractivity contribution is -0.116. The summed E-state index contributed by atoms with van der Waals surface area (Å²) in [6.45, 7) is 0.429. The molecule has 0 spiro atoms. The highest BCUT2D eigenvalue weighted by atomic mass is 32.1. The van der Waals surface area contributed by atoms with Crippen LogP contribution in [0.4, 0.5) is 11.4 Å². The summed E-state index contributed by atoms with van der Waals surface area (Å²) >= 11 is 1.72. The van der Waals surface area contributed by atoms with E-state index in [1.165, 1.54) is 4.88 Å². The molecule has 37 heavy (non-hydrogen) atoms. The van der Waals surface area contributed by atoms with Crippen molar-refractivity contribution in [2.45, 2.75) is 31.4 Å². The number of carbonyl (C=O) groups excluding carboxylic acids is 1. The molecule has 4 aromatic rings. The van der Waals surface area contributed by atoms with Gasteiger partial charge in [0.2, 0.25) is 0 Å². The van der Waals surface area contributed by atoms with Gasteiger partial charge in [-0.3, -0.25) is 4.79 Å². The Kier molecular flexibility index (Phi) is 6.41. The van der Waals surface area contributed by atoms with Gasteiger partial charge in [-0.15, -0.1) is 11.3 Å². The topological polar surface area (TPSA) is 59.6 Å². The van der Waals surface area contributed by atoms with Crippen molar-refractivity contribution in [1.82, 2.24) is 0 Å². The minimum absolute atomic E-state index is 0.167. The van der Waals surface area contributed by atoms with Crippen molar-refractivity contribution in [2.24, 2.45) is 0 Å². The molecule has 0 radical (unpaired) electrons. The quantitative estimate of drug-likeness (QED) is 0.286. The number of allylic oxidation sites excluding steroid dienone is 1. The number of methoxy groups -OCH3 is 1. The van der Waals surface area contributed by atoms with E-state index >= 15 is 0 Å². The van der Waals surface area contributed by atoms with E-state index in [0.29, 0.717) is 24.5 Å². The molecule has 2 atom stereocenters. The summed E-state index contributed by atoms with van der Waals surface area (Å²) < 4.78 is 11.8. The van der Waals surface area contributed by atoms with Gasteiger partial charge in [0, 0.05) is 28.5 Å². The summed E-state index contributed by atoms with van der Waals surface area (Å²) in [6.07, 6.45) is 1.30. The number of para-hydroxylation sites is 2. The number of rotatable bonds is 6. The van der Waals surface area contributed by atoms with Crippen LogP contribution >= 0.6 is 11.3 Å². The van der Waals surface area contributed by atoms with Gasteiger partial charge >= 0.3 is 0 Å². The van der Waals surface area contributed by atoms with E-state index < -0.39 is 0 Å². The lowest BCUT2D eigenvalue weighted by Gasteiger charge is -2.29. The highest BCUT2D eigenvalue weighted by Gasteiger charge is 2.36. The van der Waals surface area contributed by atoms with Crippen LogP contribution in [0.25, 0.3) is 0 Å². The number of ether oxygens (including phenoxy) is 2. The molecular weight excluding hydrogens is 480 g/mol. The Bertz CT molecular complexity index is 1450. The van der Waals surface area contributed by atoms with Crippen molar-refractivity contribution in [2.75, 3.05) is 17.7 Å². The zero-order valence-corrected chi connectivity index (χ0v) is 21.4. The van der Waals surface area contributed by atoms with Crippen LogP contribution < -0.4 is 20.1 Å². The fourth-order valence-electron chi connectivity index (χ4n) is 5.19. The normalized spacial score (nSPS) is 18.7. The molecule has 3 aromatic carbocycles. The second kappa shape index (κ2) is 10.1. The molecule has 6 rings (SSSR count). The lowest BCUT2D eigenvalue weighted by Crippen LogP contribution is -2.26. The highest BCUT2D eigenvalue weighted by molar-refractivity contribution is 7.10. The highest BCUT2D eigenvalue weighted by Crippen LogP contribution is 2.45. The third kappa shape index (κ3) is 4.72. The van der Waals surface area contributed by atoms with Crippen LogP contribution in [0.1, 0.15) is 40.8 Å². The van der Waals surface area contributed by atoms with E-state index in [2.05, 4.69) is 34.2 Å². The predicted octanol–water partition coefficient (Wildman–Crippen LogP) is 7.32. The molecule has 1 aliphatic carbocycles. The molecular formula is C31H28N2O3S. The molecule has 6 heteroatoms. The maximum Gasteiger partial charge on any atom is 0.163 e. The van der Waals surface area contributed by atoms with Gasteiger partial charge in [-0.25, -0.2) is 0 Å². The number of Topliss-reactive ketones (excluding diaryl/α,β-unsaturated/α-hetero) is 1. The molecule has 0 bridgehead atoms. The fourth-order valence-corrected chi connectivity index (χ4v) is 6.02. The van der Waals surface area contributed by atoms with Gasteiger partial charge in [-0.2, -0.15) is 0 Å². The number of carbonyl (C=O) groups is 1. The first kappa shape index (κ1) is 23.4. The molecule has 0 amide bonds. The number of ketones is 1. The minimum Gasteiger partial charge on any atom is -0.493 e. The average molecular weight is 509 g/mol. The van der Waals surface area contributed by atoms with Crippen LogP contribution in [0.2, 0.25) is 0 Å². The molecule has 1 aromatic heterocycles. The van der Waals surface area contributed by atoms with Crippen molar-refractivity contribution in [3.05, 3.63) is 118 Å². The van der Waals surface area contributed by atoms with E-state index in [0.717, 1.165) is 40.2 Å². The second-order valence-corrected chi connectivity index (χ2v) is 10.3. The first-order chi connectivity index (χ1) is 18.2. The van der Waals surface area contributed by atoms with Gasteiger partial charge < -0.3 is 20.1 Å². The van der Waals surface area contributed by atoms with Crippen LogP contribution in [0.5, 0.6) is 11.5 Å². The number of anilines is 2. The van der Waals surface area contributed by atoms with Gasteiger partial charge in [0.05, 0.1) is 24.5 Å². The summed E-state index contributed by atoms with van der Waals surface area (Å²) in [5.41, 5.74) is 5.75. The molecule has 0 saturated carbocycles. The molecule has 2 heterocycles. The molecule has 5 nitrogen and oxygen atoms in total. The smallest absolute Gasteiger partial charge is 0.163 e. The Morgan fingerprint density at radius 3 is 2.49 bits per heavy atom. The molecule has 186 valence electrons. The van der Waals surface area contributed by atoms with Crippen LogP contribution in [-0.4, -0.2) is 12.9 Å². The van der Waals surface area contributed by atoms with Crippen molar-refractivity contribution < 1.29 is 14.3 Å². The average Bonchev–Trinajstić information content (AvgIpc) is 3.41. The van der Waals surface area contributed by atoms with Crippen molar-refractivity contribution in [3.8, 4) is 11.5 Å². The molecule has 1 aliphatic heterocycles. The van der Waals surface area contributed by atoms with Crippen molar-refractivity contribution in [1.29, 1.82) is 0 Å². The van der Waals surface area contributed by atoms with Crippen LogP contribution in [0.3, 0.4) is 0 Å². The van der Waals surface area contributed by atoms with E-state index in [1.807, 2.05) is 66.7 Å². The number of benzene rings is 3. The largest absolute Gasteiger partial charge is 0.493 e. The monoisotopic (exact) mass is 508 g/mol. The van der Waals surface area contributed by atoms with Gasteiger partial charge in [-0.05, 0) is 53.3 Å². The van der Waals surface area contributed by atoms with E-state index in [4.69, 9.17) is 9.47 Å². The third-order valence-electron chi connectivity index (χ3n) is 7.01. The van der Waals surface area contributed by atoms with E-state index in [1.54, 1.807) is 18.4 Å². The van der Waals surface area contributed by atoms with Crippen LogP contribution in [0, 0.1) is 0 Å². The van der Waals surface area contributed by atoms with Gasteiger partial charge in [0.15, 0.2) is 17.3 Å². The maximum atomic E-state index is 13.8. The zero-order valence-electron chi connectivity index (χ0n) is 20.6. The fraction of sp³-hybridized carbons (Fsp3) is 0.194. The van der Waals surface area contributed by atoms with Crippen LogP contribution in [0.15, 0.2) is 102 Å². The van der Waals surface area contributed by atoms with Gasteiger partial charge in [-0.1, -0.05) is 54.6 Å². The number of hydrogen-bond donors (Lipinski definition) is 2. The van der Waals surface area contributed by atoms with Crippen molar-refractivity contribution >= 4 is 28.5 Å². The Morgan fingerprint density at radius 2 is 1.70 bits per heavy atom. The van der Waals surface area contributed by atoms with Crippen molar-refractivity contribution in [3.63, 3.8) is 0 Å². The summed E-state index contributed by atoms with van der Waals surface area (Å²) in [4.78, 5) is 15.0. The summed E-state index contributed by atoms with van der Waals surface area (Å²) in [5.74, 6) is 1.66. The maximum absolute atomic E-state index is 13.8. The Balaban J connectivity index is 1.39. The third-order valence-corrected chi connectivity index (χ3v) is 8.05. The first-order valence-corrected chi connectivity index (χ1v) is 13.3. The minimum atomic E-state index is -0.312. The lowest BCUT2D eigenvalue weighted by atomic mass is 9.80. The molecule has 0 saturated heterocycles. The first-order valence-electron chi connectivity index (χ1n) is 12.5. The number of hydrogen-bond acceptors (Lipinski definition) is 6. The zero-order chi connectivity index (χ0) is 25.2. The second-order valence-electron chi connectivity index (χ2n) is 9.37. The summed E-state index contributed by atoms with van der Waals surface area (Å²) in [7, 11) is 1.64. The number of nitrogens with one attached hydrogen (secondary N) is 2. The predicted molar refractivity (Wildman–Crippen MR) is 149 cm³/mol. The standard InChI is InChI=1S/C31H28N2O3S/c1-35-27-14-13-21(18-28(27)36-19-20-8-3-2-4-9-20)31-30-25(32-23-10-5-6-11-24(23)33-31)16-22(17-26(30)34)29-12-7-15-37-29/h2-15,18,22,31-33H,16-17,19H2,1H3. The molecule has 2 aliphatic rings. The van der Waals surface area contributed by atoms with E-state index in [9.17, 15) is 4.79 Å². The van der Waals surface area contributed by atoms with E-state index in [-0.39, 0.29) is 17.7 Å². The Morgan fingerprint density at radius 1 is 0.892 bits per heavy atom. The van der Waals surface area contributed by atoms with Gasteiger partial charge in [0.1, 0.15) is 6.61 Å². The van der Waals surface area contributed by atoms with Crippen LogP contribution in [-0.2, 0) is 11.4 Å². The Hall–Kier alpha value is -4.03. The Labute approximate surface area is 220 Å². The molecule has 2 N–H and O–H groups in total. The van der Waals surface area contributed by atoms with Gasteiger partial charge in [0.25, 0.3) is 0 Å². The summed E-state index contributed by atoms with van der Waals surface area (Å²) in [6, 6.07) is 28.0.